The molecule has 3 rings (SSSR count). The zero-order valence-electron chi connectivity index (χ0n) is 13.5. The fourth-order valence-corrected chi connectivity index (χ4v) is 2.83. The summed E-state index contributed by atoms with van der Waals surface area (Å²) in [5, 5.41) is 12.8. The molecule has 1 aliphatic rings. The number of hydrogen-bond acceptors (Lipinski definition) is 3. The molecule has 5 heteroatoms. The van der Waals surface area contributed by atoms with E-state index in [2.05, 4.69) is 46.6 Å². The molecular weight excluding hydrogens is 262 g/mol. The maximum absolute atomic E-state index is 4.72. The predicted molar refractivity (Wildman–Crippen MR) is 83.3 cm³/mol. The van der Waals surface area contributed by atoms with Gasteiger partial charge in [-0.15, -0.1) is 0 Å². The number of aromatic nitrogens is 4. The van der Waals surface area contributed by atoms with Gasteiger partial charge < -0.3 is 5.32 Å². The van der Waals surface area contributed by atoms with Gasteiger partial charge in [0.1, 0.15) is 0 Å². The zero-order valence-corrected chi connectivity index (χ0v) is 13.5. The predicted octanol–water partition coefficient (Wildman–Crippen LogP) is 2.33. The lowest BCUT2D eigenvalue weighted by Gasteiger charge is -2.08. The van der Waals surface area contributed by atoms with Crippen molar-refractivity contribution >= 4 is 0 Å². The third kappa shape index (κ3) is 3.02. The first kappa shape index (κ1) is 14.3. The fraction of sp³-hybridized carbons (Fsp3) is 0.625. The number of nitrogens with zero attached hydrogens (tertiary/aromatic N) is 4. The molecule has 0 spiro atoms. The van der Waals surface area contributed by atoms with Crippen molar-refractivity contribution in [3.05, 3.63) is 34.4 Å². The molecule has 0 unspecified atom stereocenters. The Bertz CT molecular complexity index is 633. The molecule has 2 aromatic heterocycles. The van der Waals surface area contributed by atoms with Gasteiger partial charge in [-0.2, -0.15) is 10.2 Å². The molecule has 21 heavy (non-hydrogen) atoms. The highest BCUT2D eigenvalue weighted by Gasteiger charge is 2.22. The molecule has 0 aliphatic heterocycles. The molecule has 0 amide bonds. The van der Waals surface area contributed by atoms with Crippen molar-refractivity contribution in [1.82, 2.24) is 24.9 Å². The monoisotopic (exact) mass is 287 g/mol. The van der Waals surface area contributed by atoms with Crippen molar-refractivity contribution < 1.29 is 0 Å². The summed E-state index contributed by atoms with van der Waals surface area (Å²) in [4.78, 5) is 0. The molecule has 1 saturated carbocycles. The van der Waals surface area contributed by atoms with Crippen LogP contribution < -0.4 is 5.32 Å². The Labute approximate surface area is 126 Å². The van der Waals surface area contributed by atoms with Crippen LogP contribution in [-0.4, -0.2) is 25.6 Å². The molecule has 0 atom stereocenters. The number of hydrogen-bond donors (Lipinski definition) is 1. The maximum atomic E-state index is 4.72. The molecule has 0 bridgehead atoms. The number of rotatable bonds is 6. The first-order chi connectivity index (χ1) is 10.1. The summed E-state index contributed by atoms with van der Waals surface area (Å²) in [5.74, 6) is 0. The molecule has 1 fully saturated rings. The summed E-state index contributed by atoms with van der Waals surface area (Å²) in [6.07, 6.45) is 2.64. The van der Waals surface area contributed by atoms with E-state index in [1.807, 2.05) is 6.92 Å². The Hall–Kier alpha value is -1.62. The summed E-state index contributed by atoms with van der Waals surface area (Å²) < 4.78 is 4.18. The normalized spacial score (nSPS) is 14.9. The molecule has 1 aliphatic carbocycles. The van der Waals surface area contributed by atoms with Gasteiger partial charge in [-0.25, -0.2) is 0 Å². The van der Waals surface area contributed by atoms with Crippen LogP contribution >= 0.6 is 0 Å². The minimum Gasteiger partial charge on any atom is -0.310 e. The molecule has 0 aromatic carbocycles. The highest BCUT2D eigenvalue weighted by molar-refractivity contribution is 5.25. The van der Waals surface area contributed by atoms with Crippen molar-refractivity contribution in [3.8, 4) is 0 Å². The third-order valence-electron chi connectivity index (χ3n) is 4.27. The van der Waals surface area contributed by atoms with E-state index in [1.165, 1.54) is 29.8 Å². The van der Waals surface area contributed by atoms with Crippen LogP contribution in [0.2, 0.25) is 0 Å². The van der Waals surface area contributed by atoms with Gasteiger partial charge in [-0.3, -0.25) is 9.36 Å². The van der Waals surface area contributed by atoms with Gasteiger partial charge in [-0.1, -0.05) is 0 Å². The first-order valence-corrected chi connectivity index (χ1v) is 7.88. The lowest BCUT2D eigenvalue weighted by molar-refractivity contribution is 0.566. The van der Waals surface area contributed by atoms with Crippen LogP contribution in [0.5, 0.6) is 0 Å². The van der Waals surface area contributed by atoms with Gasteiger partial charge in [0.15, 0.2) is 0 Å². The van der Waals surface area contributed by atoms with E-state index in [9.17, 15) is 0 Å². The quantitative estimate of drug-likeness (QED) is 0.887. The van der Waals surface area contributed by atoms with E-state index >= 15 is 0 Å². The highest BCUT2D eigenvalue weighted by Crippen LogP contribution is 2.21. The van der Waals surface area contributed by atoms with Gasteiger partial charge >= 0.3 is 0 Å². The van der Waals surface area contributed by atoms with Crippen LogP contribution in [-0.2, 0) is 19.6 Å². The van der Waals surface area contributed by atoms with Crippen LogP contribution in [0, 0.1) is 20.8 Å². The molecule has 2 heterocycles. The van der Waals surface area contributed by atoms with E-state index in [1.54, 1.807) is 0 Å². The molecule has 114 valence electrons. The van der Waals surface area contributed by atoms with Crippen LogP contribution in [0.3, 0.4) is 0 Å². The van der Waals surface area contributed by atoms with Crippen molar-refractivity contribution in [3.63, 3.8) is 0 Å². The first-order valence-electron chi connectivity index (χ1n) is 7.88. The van der Waals surface area contributed by atoms with Crippen LogP contribution in [0.15, 0.2) is 6.07 Å². The molecule has 1 N–H and O–H groups in total. The maximum Gasteiger partial charge on any atom is 0.0831 e. The van der Waals surface area contributed by atoms with Gasteiger partial charge in [-0.05, 0) is 46.6 Å². The average Bonchev–Trinajstić information content (AvgIpc) is 3.15. The van der Waals surface area contributed by atoms with E-state index < -0.39 is 0 Å². The standard InChI is InChI=1S/C16H25N5/c1-5-20-15(8-11(2)18-20)10-21-13(4)16(12(3)19-21)9-17-14-6-7-14/h8,14,17H,5-7,9-10H2,1-4H3. The SMILES string of the molecule is CCn1nc(C)cc1Cn1nc(C)c(CNC2CC2)c1C. The molecule has 0 saturated heterocycles. The van der Waals surface area contributed by atoms with Crippen molar-refractivity contribution in [2.24, 2.45) is 0 Å². The number of aryl methyl sites for hydroxylation is 3. The Morgan fingerprint density at radius 3 is 2.62 bits per heavy atom. The van der Waals surface area contributed by atoms with Crippen LogP contribution in [0.1, 0.15) is 48.1 Å². The van der Waals surface area contributed by atoms with Gasteiger partial charge in [0.05, 0.1) is 23.6 Å². The minimum absolute atomic E-state index is 0.733. The largest absolute Gasteiger partial charge is 0.310 e. The molecule has 2 aromatic rings. The van der Waals surface area contributed by atoms with Crippen LogP contribution in [0.4, 0.5) is 0 Å². The Morgan fingerprint density at radius 1 is 1.19 bits per heavy atom. The smallest absolute Gasteiger partial charge is 0.0831 e. The average molecular weight is 287 g/mol. The van der Waals surface area contributed by atoms with Crippen molar-refractivity contribution in [1.29, 1.82) is 0 Å². The van der Waals surface area contributed by atoms with E-state index in [0.29, 0.717) is 0 Å². The lowest BCUT2D eigenvalue weighted by Crippen LogP contribution is -2.16. The van der Waals surface area contributed by atoms with Gasteiger partial charge in [0, 0.05) is 30.4 Å². The van der Waals surface area contributed by atoms with Crippen LogP contribution in [0.25, 0.3) is 0 Å². The fourth-order valence-electron chi connectivity index (χ4n) is 2.83. The van der Waals surface area contributed by atoms with E-state index in [0.717, 1.165) is 37.1 Å². The summed E-state index contributed by atoms with van der Waals surface area (Å²) in [6.45, 7) is 11.1. The summed E-state index contributed by atoms with van der Waals surface area (Å²) in [7, 11) is 0. The second-order valence-electron chi connectivity index (χ2n) is 6.06. The Kier molecular flexibility index (Phi) is 3.85. The number of nitrogens with one attached hydrogen (secondary N) is 1. The molecular formula is C16H25N5. The Morgan fingerprint density at radius 2 is 1.95 bits per heavy atom. The third-order valence-corrected chi connectivity index (χ3v) is 4.27. The second-order valence-corrected chi connectivity index (χ2v) is 6.06. The van der Waals surface area contributed by atoms with E-state index in [4.69, 9.17) is 5.10 Å². The lowest BCUT2D eigenvalue weighted by atomic mass is 10.2. The van der Waals surface area contributed by atoms with Crippen molar-refractivity contribution in [2.45, 2.75) is 66.2 Å². The van der Waals surface area contributed by atoms with Crippen molar-refractivity contribution in [2.75, 3.05) is 0 Å². The summed E-state index contributed by atoms with van der Waals surface area (Å²) in [6, 6.07) is 2.89. The van der Waals surface area contributed by atoms with Gasteiger partial charge in [0.25, 0.3) is 0 Å². The second kappa shape index (κ2) is 5.64. The molecule has 5 nitrogen and oxygen atoms in total. The van der Waals surface area contributed by atoms with Gasteiger partial charge in [0.2, 0.25) is 0 Å². The topological polar surface area (TPSA) is 47.7 Å². The summed E-state index contributed by atoms with van der Waals surface area (Å²) in [5.41, 5.74) is 6.05. The zero-order chi connectivity index (χ0) is 15.0. The minimum atomic E-state index is 0.733. The Balaban J connectivity index is 1.79. The van der Waals surface area contributed by atoms with E-state index in [-0.39, 0.29) is 0 Å². The molecule has 0 radical (unpaired) electrons. The summed E-state index contributed by atoms with van der Waals surface area (Å²) >= 11 is 0. The highest BCUT2D eigenvalue weighted by atomic mass is 15.3.